The summed E-state index contributed by atoms with van der Waals surface area (Å²) in [7, 11) is 0. The molecule has 0 heterocycles. The van der Waals surface area contributed by atoms with Crippen LogP contribution in [0.4, 0.5) is 0 Å². The van der Waals surface area contributed by atoms with Gasteiger partial charge in [-0.2, -0.15) is 0 Å². The Kier molecular flexibility index (Phi) is 2.79. The molecule has 0 fully saturated rings. The van der Waals surface area contributed by atoms with Crippen molar-refractivity contribution >= 4 is 5.78 Å². The lowest BCUT2D eigenvalue weighted by atomic mass is 9.93. The summed E-state index contributed by atoms with van der Waals surface area (Å²) in [4.78, 5) is 21.7. The van der Waals surface area contributed by atoms with Crippen molar-refractivity contribution in [3.05, 3.63) is 40.5 Å². The van der Waals surface area contributed by atoms with Gasteiger partial charge in [0.05, 0.1) is 0 Å². The van der Waals surface area contributed by atoms with Crippen LogP contribution in [0.25, 0.3) is 0 Å². The van der Waals surface area contributed by atoms with E-state index < -0.39 is 0 Å². The lowest BCUT2D eigenvalue weighted by Crippen LogP contribution is -2.01. The average Bonchev–Trinajstić information content (AvgIpc) is 2.23. The summed E-state index contributed by atoms with van der Waals surface area (Å²) in [5.74, 6) is -0.141. The Balaban J connectivity index is 3.23. The molecule has 0 spiro atoms. The molecule has 0 aromatic carbocycles. The second kappa shape index (κ2) is 3.70. The zero-order valence-electron chi connectivity index (χ0n) is 8.57. The van der Waals surface area contributed by atoms with Gasteiger partial charge in [0, 0.05) is 11.0 Å². The van der Waals surface area contributed by atoms with E-state index >= 15 is 0 Å². The Morgan fingerprint density at radius 1 is 1.29 bits per heavy atom. The number of carbonyl (C=O) groups is 1. The highest BCUT2D eigenvalue weighted by Crippen LogP contribution is 2.26. The number of nitrogens with zero attached hydrogens (tertiary/aromatic N) is 1. The minimum absolute atomic E-state index is 0.141. The highest BCUT2D eigenvalue weighted by Gasteiger charge is 2.16. The number of allylic oxidation sites excluding steroid dienone is 5. The predicted molar refractivity (Wildman–Crippen MR) is 55.6 cm³/mol. The number of rotatable bonds is 2. The maximum atomic E-state index is 11.2. The van der Waals surface area contributed by atoms with Crippen LogP contribution < -0.4 is 0 Å². The second-order valence-electron chi connectivity index (χ2n) is 3.93. The fourth-order valence-corrected chi connectivity index (χ4v) is 1.20. The molecule has 0 aromatic rings. The molecule has 0 amide bonds. The monoisotopic (exact) mass is 191 g/mol. The molecule has 1 aliphatic carbocycles. The maximum Gasteiger partial charge on any atom is 0.162 e. The van der Waals surface area contributed by atoms with Crippen molar-refractivity contribution in [2.45, 2.75) is 20.8 Å². The second-order valence-corrected chi connectivity index (χ2v) is 3.93. The summed E-state index contributed by atoms with van der Waals surface area (Å²) < 4.78 is 0. The highest BCUT2D eigenvalue weighted by atomic mass is 16.3. The van der Waals surface area contributed by atoms with Gasteiger partial charge >= 0.3 is 0 Å². The van der Waals surface area contributed by atoms with E-state index in [0.29, 0.717) is 5.57 Å². The molecule has 0 radical (unpaired) electrons. The van der Waals surface area contributed by atoms with Gasteiger partial charge in [0.15, 0.2) is 5.78 Å². The van der Waals surface area contributed by atoms with Crippen LogP contribution in [0.2, 0.25) is 0 Å². The first kappa shape index (κ1) is 10.6. The fourth-order valence-electron chi connectivity index (χ4n) is 1.20. The summed E-state index contributed by atoms with van der Waals surface area (Å²) in [5, 5.41) is 2.85. The van der Waals surface area contributed by atoms with Crippen molar-refractivity contribution in [2.24, 2.45) is 10.6 Å². The Bertz CT molecular complexity index is 359. The Hall–Kier alpha value is -1.51. The molecule has 0 bridgehead atoms. The number of Topliss-reactive ketones (excluding diaryl/α,β-unsaturated/α-hetero) is 1. The van der Waals surface area contributed by atoms with E-state index in [4.69, 9.17) is 0 Å². The molecule has 1 rings (SSSR count). The van der Waals surface area contributed by atoms with Crippen molar-refractivity contribution in [3.8, 4) is 0 Å². The van der Waals surface area contributed by atoms with Crippen LogP contribution in [-0.4, -0.2) is 5.78 Å². The Morgan fingerprint density at radius 2 is 1.86 bits per heavy atom. The number of carbonyl (C=O) groups excluding carboxylic acids is 1. The molecular formula is C11H13NO2. The van der Waals surface area contributed by atoms with Crippen molar-refractivity contribution in [1.82, 2.24) is 0 Å². The Morgan fingerprint density at radius 3 is 2.36 bits per heavy atom. The van der Waals surface area contributed by atoms with Crippen LogP contribution in [-0.2, 0) is 4.79 Å². The van der Waals surface area contributed by atoms with Gasteiger partial charge in [-0.3, -0.25) is 4.79 Å². The minimum Gasteiger partial charge on any atom is -0.294 e. The topological polar surface area (TPSA) is 46.5 Å². The minimum atomic E-state index is -0.146. The van der Waals surface area contributed by atoms with E-state index in [1.54, 1.807) is 12.2 Å². The zero-order valence-corrected chi connectivity index (χ0v) is 8.57. The summed E-state index contributed by atoms with van der Waals surface area (Å²) in [6.07, 6.45) is 7.01. The third-order valence-electron chi connectivity index (χ3n) is 2.10. The van der Waals surface area contributed by atoms with Gasteiger partial charge < -0.3 is 0 Å². The first-order chi connectivity index (χ1) is 6.46. The highest BCUT2D eigenvalue weighted by molar-refractivity contribution is 5.97. The molecule has 0 saturated carbocycles. The fraction of sp³-hybridized carbons (Fsp3) is 0.364. The summed E-state index contributed by atoms with van der Waals surface area (Å²) in [6, 6.07) is 0. The number of hydrogen-bond donors (Lipinski definition) is 0. The Labute approximate surface area is 83.2 Å². The summed E-state index contributed by atoms with van der Waals surface area (Å²) >= 11 is 0. The number of ketones is 1. The van der Waals surface area contributed by atoms with Crippen molar-refractivity contribution in [3.63, 3.8) is 0 Å². The van der Waals surface area contributed by atoms with Crippen LogP contribution in [0.3, 0.4) is 0 Å². The molecule has 0 N–H and O–H groups in total. The first-order valence-corrected chi connectivity index (χ1v) is 4.43. The van der Waals surface area contributed by atoms with E-state index in [2.05, 4.69) is 5.18 Å². The van der Waals surface area contributed by atoms with Gasteiger partial charge in [-0.1, -0.05) is 32.1 Å². The molecule has 0 atom stereocenters. The largest absolute Gasteiger partial charge is 0.294 e. The third kappa shape index (κ3) is 2.25. The summed E-state index contributed by atoms with van der Waals surface area (Å²) in [5.41, 5.74) is 0.439. The number of nitroso groups, excluding NO2 is 1. The molecule has 1 aliphatic rings. The maximum absolute atomic E-state index is 11.2. The third-order valence-corrected chi connectivity index (χ3v) is 2.10. The molecule has 3 nitrogen and oxygen atoms in total. The molecule has 14 heavy (non-hydrogen) atoms. The van der Waals surface area contributed by atoms with E-state index in [9.17, 15) is 9.70 Å². The van der Waals surface area contributed by atoms with Crippen LogP contribution in [0, 0.1) is 10.3 Å². The summed E-state index contributed by atoms with van der Waals surface area (Å²) in [6.45, 7) is 5.41. The van der Waals surface area contributed by atoms with Gasteiger partial charge in [0.25, 0.3) is 0 Å². The van der Waals surface area contributed by atoms with E-state index in [1.165, 1.54) is 6.92 Å². The molecule has 0 aliphatic heterocycles. The van der Waals surface area contributed by atoms with Crippen molar-refractivity contribution in [1.29, 1.82) is 0 Å². The lowest BCUT2D eigenvalue weighted by Gasteiger charge is -2.12. The van der Waals surface area contributed by atoms with Crippen molar-refractivity contribution < 1.29 is 4.79 Å². The van der Waals surface area contributed by atoms with E-state index in [0.717, 1.165) is 0 Å². The first-order valence-electron chi connectivity index (χ1n) is 4.43. The van der Waals surface area contributed by atoms with Gasteiger partial charge in [-0.15, -0.1) is 4.91 Å². The molecule has 0 aromatic heterocycles. The van der Waals surface area contributed by atoms with Crippen LogP contribution in [0.1, 0.15) is 20.8 Å². The smallest absolute Gasteiger partial charge is 0.162 e. The molecule has 3 heteroatoms. The predicted octanol–water partition coefficient (Wildman–Crippen LogP) is 2.75. The van der Waals surface area contributed by atoms with Gasteiger partial charge in [0.2, 0.25) is 0 Å². The van der Waals surface area contributed by atoms with Gasteiger partial charge in [-0.05, 0) is 18.2 Å². The van der Waals surface area contributed by atoms with Crippen LogP contribution in [0.5, 0.6) is 0 Å². The average molecular weight is 191 g/mol. The molecule has 0 saturated heterocycles. The molecule has 0 unspecified atom stereocenters. The van der Waals surface area contributed by atoms with Crippen LogP contribution >= 0.6 is 0 Å². The standard InChI is InChI=1S/C11H13NO2/c1-8(13)9-4-6-11(2,3)7-5-10(9)12-14/h4-7H,1-3H3. The van der Waals surface area contributed by atoms with E-state index in [-0.39, 0.29) is 16.9 Å². The van der Waals surface area contributed by atoms with E-state index in [1.807, 2.05) is 26.0 Å². The number of hydrogen-bond acceptors (Lipinski definition) is 3. The van der Waals surface area contributed by atoms with Gasteiger partial charge in [0.1, 0.15) is 5.70 Å². The quantitative estimate of drug-likeness (QED) is 0.630. The lowest BCUT2D eigenvalue weighted by molar-refractivity contribution is -0.113. The molecule has 74 valence electrons. The zero-order chi connectivity index (χ0) is 10.8. The SMILES string of the molecule is CC(=O)C1=C(N=O)C=CC(C)(C)C=C1. The van der Waals surface area contributed by atoms with Crippen molar-refractivity contribution in [2.75, 3.05) is 0 Å². The normalized spacial score (nSPS) is 19.4. The van der Waals surface area contributed by atoms with Crippen LogP contribution in [0.15, 0.2) is 40.8 Å². The van der Waals surface area contributed by atoms with Gasteiger partial charge in [-0.25, -0.2) is 0 Å². The molecular weight excluding hydrogens is 178 g/mol.